The van der Waals surface area contributed by atoms with Crippen molar-refractivity contribution in [2.75, 3.05) is 52.1 Å². The summed E-state index contributed by atoms with van der Waals surface area (Å²) >= 11 is 0. The average Bonchev–Trinajstić information content (AvgIpc) is 2.47. The van der Waals surface area contributed by atoms with Crippen LogP contribution in [0.1, 0.15) is 13.8 Å². The zero-order valence-electron chi connectivity index (χ0n) is 13.3. The topological polar surface area (TPSA) is 94.1 Å². The Morgan fingerprint density at radius 2 is 1.68 bits per heavy atom. The highest BCUT2D eigenvalue weighted by molar-refractivity contribution is 14.0. The van der Waals surface area contributed by atoms with Crippen molar-refractivity contribution in [3.05, 3.63) is 0 Å². The van der Waals surface area contributed by atoms with Crippen LogP contribution in [0.4, 0.5) is 0 Å². The lowest BCUT2D eigenvalue weighted by molar-refractivity contribution is -0.130. The van der Waals surface area contributed by atoms with Gasteiger partial charge in [-0.05, 0) is 6.92 Å². The highest BCUT2D eigenvalue weighted by atomic mass is 127. The number of hydrogen-bond donors (Lipinski definition) is 2. The molecule has 1 fully saturated rings. The van der Waals surface area contributed by atoms with Crippen LogP contribution in [0.15, 0.2) is 4.99 Å². The molecular weight excluding hydrogens is 421 g/mol. The molecule has 0 spiro atoms. The van der Waals surface area contributed by atoms with Gasteiger partial charge in [0.25, 0.3) is 0 Å². The third-order valence-corrected chi connectivity index (χ3v) is 4.75. The fraction of sp³-hybridized carbons (Fsp3) is 0.833. The maximum atomic E-state index is 11.3. The first-order chi connectivity index (χ1) is 9.89. The van der Waals surface area contributed by atoms with E-state index in [9.17, 15) is 13.2 Å². The Morgan fingerprint density at radius 3 is 2.14 bits per heavy atom. The number of nitrogens with one attached hydrogen (secondary N) is 2. The first-order valence-corrected chi connectivity index (χ1v) is 8.73. The Morgan fingerprint density at radius 1 is 1.14 bits per heavy atom. The number of amides is 1. The van der Waals surface area contributed by atoms with Crippen molar-refractivity contribution in [1.82, 2.24) is 19.8 Å². The maximum absolute atomic E-state index is 11.3. The number of halogens is 1. The molecular formula is C12H26IN5O3S. The molecule has 0 aromatic carbocycles. The van der Waals surface area contributed by atoms with Crippen molar-refractivity contribution in [2.24, 2.45) is 4.99 Å². The van der Waals surface area contributed by atoms with Gasteiger partial charge < -0.3 is 15.1 Å². The largest absolute Gasteiger partial charge is 0.355 e. The van der Waals surface area contributed by atoms with Gasteiger partial charge in [-0.2, -0.15) is 0 Å². The lowest BCUT2D eigenvalue weighted by Crippen LogP contribution is -2.54. The minimum absolute atomic E-state index is 0. The van der Waals surface area contributed by atoms with Gasteiger partial charge in [0.1, 0.15) is 0 Å². The molecule has 0 atom stereocenters. The molecule has 0 bridgehead atoms. The number of nitrogens with zero attached hydrogens (tertiary/aromatic N) is 3. The number of hydrogen-bond acceptors (Lipinski definition) is 4. The van der Waals surface area contributed by atoms with Gasteiger partial charge in [-0.25, -0.2) is 13.1 Å². The van der Waals surface area contributed by atoms with E-state index < -0.39 is 10.0 Å². The summed E-state index contributed by atoms with van der Waals surface area (Å²) < 4.78 is 25.1. The van der Waals surface area contributed by atoms with E-state index in [0.717, 1.165) is 19.0 Å². The van der Waals surface area contributed by atoms with Gasteiger partial charge >= 0.3 is 0 Å². The molecule has 0 unspecified atom stereocenters. The smallest absolute Gasteiger partial charge is 0.219 e. The average molecular weight is 447 g/mol. The summed E-state index contributed by atoms with van der Waals surface area (Å²) in [6.45, 7) is 6.77. The van der Waals surface area contributed by atoms with Gasteiger partial charge in [0.05, 0.1) is 5.75 Å². The first-order valence-electron chi connectivity index (χ1n) is 7.08. The molecule has 1 rings (SSSR count). The highest BCUT2D eigenvalue weighted by Gasteiger charge is 2.20. The summed E-state index contributed by atoms with van der Waals surface area (Å²) in [7, 11) is -1.46. The Balaban J connectivity index is 0.00000441. The third kappa shape index (κ3) is 7.09. The molecule has 1 aliphatic heterocycles. The molecule has 8 nitrogen and oxygen atoms in total. The van der Waals surface area contributed by atoms with E-state index in [0.29, 0.717) is 26.2 Å². The number of carbonyl (C=O) groups is 1. The summed E-state index contributed by atoms with van der Waals surface area (Å²) in [4.78, 5) is 19.3. The molecule has 1 amide bonds. The molecule has 0 radical (unpaired) electrons. The van der Waals surface area contributed by atoms with Crippen molar-refractivity contribution in [2.45, 2.75) is 13.8 Å². The summed E-state index contributed by atoms with van der Waals surface area (Å²) in [5.74, 6) is 0.898. The van der Waals surface area contributed by atoms with Crippen molar-refractivity contribution in [3.8, 4) is 0 Å². The molecule has 10 heteroatoms. The monoisotopic (exact) mass is 447 g/mol. The highest BCUT2D eigenvalue weighted by Crippen LogP contribution is 2.02. The lowest BCUT2D eigenvalue weighted by atomic mass is 10.3. The van der Waals surface area contributed by atoms with E-state index >= 15 is 0 Å². The summed E-state index contributed by atoms with van der Waals surface area (Å²) in [5.41, 5.74) is 0. The fourth-order valence-electron chi connectivity index (χ4n) is 2.05. The zero-order valence-corrected chi connectivity index (χ0v) is 16.5. The quantitative estimate of drug-likeness (QED) is 0.251. The standard InChI is InChI=1S/C12H25N5O3S.HI/c1-4-21(19,20)15-6-5-14-12(13-3)17-9-7-16(8-10-17)11(2)18;/h15H,4-10H2,1-3H3,(H,13,14);1H. The molecule has 2 N–H and O–H groups in total. The number of guanidine groups is 1. The molecule has 1 saturated heterocycles. The molecule has 130 valence electrons. The summed E-state index contributed by atoms with van der Waals surface area (Å²) in [6, 6.07) is 0. The zero-order chi connectivity index (χ0) is 15.9. The molecule has 0 aromatic rings. The van der Waals surface area contributed by atoms with Crippen LogP contribution in [0, 0.1) is 0 Å². The summed E-state index contributed by atoms with van der Waals surface area (Å²) in [5, 5.41) is 3.13. The van der Waals surface area contributed by atoms with Gasteiger partial charge in [-0.15, -0.1) is 24.0 Å². The van der Waals surface area contributed by atoms with E-state index in [-0.39, 0.29) is 35.6 Å². The third-order valence-electron chi connectivity index (χ3n) is 3.35. The maximum Gasteiger partial charge on any atom is 0.219 e. The van der Waals surface area contributed by atoms with Gasteiger partial charge in [0.15, 0.2) is 5.96 Å². The van der Waals surface area contributed by atoms with Crippen molar-refractivity contribution >= 4 is 45.9 Å². The molecule has 1 heterocycles. The Bertz CT molecular complexity index is 475. The number of aliphatic imine (C=N–C) groups is 1. The number of rotatable bonds is 5. The predicted molar refractivity (Wildman–Crippen MR) is 98.1 cm³/mol. The van der Waals surface area contributed by atoms with Crippen LogP contribution in [-0.4, -0.2) is 82.2 Å². The number of piperazine rings is 1. The Kier molecular flexibility index (Phi) is 9.92. The van der Waals surface area contributed by atoms with Crippen LogP contribution < -0.4 is 10.0 Å². The lowest BCUT2D eigenvalue weighted by Gasteiger charge is -2.36. The van der Waals surface area contributed by atoms with Crippen LogP contribution in [-0.2, 0) is 14.8 Å². The van der Waals surface area contributed by atoms with Crippen molar-refractivity contribution < 1.29 is 13.2 Å². The van der Waals surface area contributed by atoms with E-state index in [4.69, 9.17) is 0 Å². The molecule has 1 aliphatic rings. The molecule has 0 aromatic heterocycles. The van der Waals surface area contributed by atoms with Crippen LogP contribution in [0.3, 0.4) is 0 Å². The first kappa shape index (κ1) is 21.4. The normalized spacial score (nSPS) is 16.2. The Labute approximate surface area is 149 Å². The van der Waals surface area contributed by atoms with Gasteiger partial charge in [0, 0.05) is 53.2 Å². The SMILES string of the molecule is CCS(=O)(=O)NCCNC(=NC)N1CCN(C(C)=O)CC1.I. The van der Waals surface area contributed by atoms with Gasteiger partial charge in [-0.3, -0.25) is 9.79 Å². The van der Waals surface area contributed by atoms with E-state index in [2.05, 4.69) is 19.9 Å². The van der Waals surface area contributed by atoms with E-state index in [1.54, 1.807) is 25.8 Å². The van der Waals surface area contributed by atoms with Crippen LogP contribution in [0.25, 0.3) is 0 Å². The molecule has 0 aliphatic carbocycles. The van der Waals surface area contributed by atoms with Gasteiger partial charge in [-0.1, -0.05) is 0 Å². The fourth-order valence-corrected chi connectivity index (χ4v) is 2.67. The van der Waals surface area contributed by atoms with E-state index in [1.165, 1.54) is 0 Å². The summed E-state index contributed by atoms with van der Waals surface area (Å²) in [6.07, 6.45) is 0. The minimum Gasteiger partial charge on any atom is -0.355 e. The van der Waals surface area contributed by atoms with E-state index in [1.807, 2.05) is 0 Å². The van der Waals surface area contributed by atoms with Crippen LogP contribution in [0.2, 0.25) is 0 Å². The predicted octanol–water partition coefficient (Wildman–Crippen LogP) is -0.717. The molecule has 0 saturated carbocycles. The van der Waals surface area contributed by atoms with Crippen molar-refractivity contribution in [3.63, 3.8) is 0 Å². The number of sulfonamides is 1. The second-order valence-electron chi connectivity index (χ2n) is 4.76. The Hall–Kier alpha value is -0.620. The number of carbonyl (C=O) groups excluding carboxylic acids is 1. The second-order valence-corrected chi connectivity index (χ2v) is 6.86. The van der Waals surface area contributed by atoms with Gasteiger partial charge in [0.2, 0.25) is 15.9 Å². The van der Waals surface area contributed by atoms with Crippen LogP contribution >= 0.6 is 24.0 Å². The van der Waals surface area contributed by atoms with Crippen molar-refractivity contribution in [1.29, 1.82) is 0 Å². The van der Waals surface area contributed by atoms with Crippen LogP contribution in [0.5, 0.6) is 0 Å². The minimum atomic E-state index is -3.15. The second kappa shape index (κ2) is 10.2. The molecule has 22 heavy (non-hydrogen) atoms.